The van der Waals surface area contributed by atoms with Crippen molar-refractivity contribution in [3.8, 4) is 11.8 Å². The standard InChI is InChI=1S/C20H28O2/c1-3-5-7-8-10-11-17-13-16-20(22)19(17)15-14-18(21)12-9-6-4-2/h6,9,13,15-18,21H,3-5,7,11-12,14H2,1-2H3/b9-6-,19-15+/t17-,18-/m0/s1. The molecule has 0 bridgehead atoms. The maximum absolute atomic E-state index is 11.9. The highest BCUT2D eigenvalue weighted by molar-refractivity contribution is 6.07. The van der Waals surface area contributed by atoms with Crippen molar-refractivity contribution >= 4 is 5.78 Å². The molecule has 0 unspecified atom stereocenters. The van der Waals surface area contributed by atoms with Crippen LogP contribution in [0.25, 0.3) is 0 Å². The van der Waals surface area contributed by atoms with Crippen LogP contribution < -0.4 is 0 Å². The number of carbonyl (C=O) groups excluding carboxylic acids is 1. The fourth-order valence-corrected chi connectivity index (χ4v) is 2.33. The molecule has 1 aliphatic rings. The smallest absolute Gasteiger partial charge is 0.181 e. The van der Waals surface area contributed by atoms with E-state index in [1.807, 2.05) is 24.3 Å². The van der Waals surface area contributed by atoms with Crippen molar-refractivity contribution in [3.63, 3.8) is 0 Å². The third-order valence-electron chi connectivity index (χ3n) is 3.69. The fraction of sp³-hybridized carbons (Fsp3) is 0.550. The van der Waals surface area contributed by atoms with Gasteiger partial charge in [-0.05, 0) is 31.8 Å². The van der Waals surface area contributed by atoms with Crippen molar-refractivity contribution in [2.75, 3.05) is 0 Å². The minimum Gasteiger partial charge on any atom is -0.392 e. The molecule has 0 aromatic rings. The number of rotatable bonds is 8. The highest BCUT2D eigenvalue weighted by atomic mass is 16.3. The van der Waals surface area contributed by atoms with Crippen LogP contribution in [-0.2, 0) is 4.79 Å². The number of allylic oxidation sites excluding steroid dienone is 4. The van der Waals surface area contributed by atoms with Crippen LogP contribution in [0.4, 0.5) is 0 Å². The maximum Gasteiger partial charge on any atom is 0.181 e. The molecule has 22 heavy (non-hydrogen) atoms. The van der Waals surface area contributed by atoms with E-state index in [9.17, 15) is 9.90 Å². The van der Waals surface area contributed by atoms with Crippen LogP contribution in [0.2, 0.25) is 0 Å². The summed E-state index contributed by atoms with van der Waals surface area (Å²) in [5, 5.41) is 9.93. The van der Waals surface area contributed by atoms with E-state index in [0.29, 0.717) is 19.3 Å². The SMILES string of the molecule is CC/C=C\C[C@H](O)C/C=C1/C(=O)C=C[C@@H]1CC#CCCCC. The lowest BCUT2D eigenvalue weighted by Crippen LogP contribution is -2.07. The molecule has 1 aliphatic carbocycles. The van der Waals surface area contributed by atoms with Gasteiger partial charge in [0, 0.05) is 24.3 Å². The molecule has 2 heteroatoms. The maximum atomic E-state index is 11.9. The average Bonchev–Trinajstić information content (AvgIpc) is 2.85. The molecular formula is C20H28O2. The Balaban J connectivity index is 2.50. The number of carbonyl (C=O) groups is 1. The number of unbranched alkanes of at least 4 members (excludes halogenated alkanes) is 2. The lowest BCUT2D eigenvalue weighted by molar-refractivity contribution is -0.111. The van der Waals surface area contributed by atoms with Gasteiger partial charge in [0.2, 0.25) is 0 Å². The van der Waals surface area contributed by atoms with Crippen molar-refractivity contribution in [1.82, 2.24) is 0 Å². The summed E-state index contributed by atoms with van der Waals surface area (Å²) in [5.41, 5.74) is 0.795. The molecular weight excluding hydrogens is 272 g/mol. The molecule has 0 saturated carbocycles. The highest BCUT2D eigenvalue weighted by Gasteiger charge is 2.22. The lowest BCUT2D eigenvalue weighted by atomic mass is 9.96. The van der Waals surface area contributed by atoms with Crippen molar-refractivity contribution in [3.05, 3.63) is 36.0 Å². The van der Waals surface area contributed by atoms with Crippen LogP contribution in [-0.4, -0.2) is 17.0 Å². The summed E-state index contributed by atoms with van der Waals surface area (Å²) >= 11 is 0. The molecule has 0 fully saturated rings. The zero-order valence-electron chi connectivity index (χ0n) is 13.8. The predicted molar refractivity (Wildman–Crippen MR) is 92.3 cm³/mol. The highest BCUT2D eigenvalue weighted by Crippen LogP contribution is 2.25. The van der Waals surface area contributed by atoms with E-state index in [1.54, 1.807) is 6.08 Å². The molecule has 120 valence electrons. The van der Waals surface area contributed by atoms with Gasteiger partial charge in [-0.25, -0.2) is 0 Å². The van der Waals surface area contributed by atoms with E-state index in [1.165, 1.54) is 0 Å². The van der Waals surface area contributed by atoms with Crippen LogP contribution >= 0.6 is 0 Å². The van der Waals surface area contributed by atoms with Gasteiger partial charge in [-0.3, -0.25) is 4.79 Å². The average molecular weight is 300 g/mol. The molecule has 0 amide bonds. The Morgan fingerprint density at radius 1 is 1.27 bits per heavy atom. The van der Waals surface area contributed by atoms with Gasteiger partial charge in [-0.1, -0.05) is 44.6 Å². The molecule has 2 nitrogen and oxygen atoms in total. The number of hydrogen-bond donors (Lipinski definition) is 1. The Kier molecular flexibility index (Phi) is 9.26. The van der Waals surface area contributed by atoms with E-state index in [4.69, 9.17) is 0 Å². The number of aliphatic hydroxyl groups excluding tert-OH is 1. The summed E-state index contributed by atoms with van der Waals surface area (Å²) < 4.78 is 0. The first-order chi connectivity index (χ1) is 10.7. The lowest BCUT2D eigenvalue weighted by Gasteiger charge is -2.09. The van der Waals surface area contributed by atoms with Crippen LogP contribution in [0.3, 0.4) is 0 Å². The van der Waals surface area contributed by atoms with Gasteiger partial charge in [0.15, 0.2) is 5.78 Å². The van der Waals surface area contributed by atoms with Crippen LogP contribution in [0.15, 0.2) is 36.0 Å². The summed E-state index contributed by atoms with van der Waals surface area (Å²) in [5.74, 6) is 6.50. The van der Waals surface area contributed by atoms with Crippen molar-refractivity contribution in [1.29, 1.82) is 0 Å². The molecule has 0 radical (unpaired) electrons. The molecule has 0 saturated heterocycles. The fourth-order valence-electron chi connectivity index (χ4n) is 2.33. The summed E-state index contributed by atoms with van der Waals surface area (Å²) in [6.45, 7) is 4.22. The minimum absolute atomic E-state index is 0.0664. The molecule has 0 aliphatic heterocycles. The molecule has 0 spiro atoms. The third-order valence-corrected chi connectivity index (χ3v) is 3.69. The minimum atomic E-state index is -0.417. The number of ketones is 1. The van der Waals surface area contributed by atoms with Gasteiger partial charge in [0.1, 0.15) is 0 Å². The molecule has 2 atom stereocenters. The Morgan fingerprint density at radius 3 is 2.82 bits per heavy atom. The third kappa shape index (κ3) is 6.91. The van der Waals surface area contributed by atoms with Crippen molar-refractivity contribution < 1.29 is 9.90 Å². The van der Waals surface area contributed by atoms with Gasteiger partial charge in [-0.15, -0.1) is 11.8 Å². The Bertz CT molecular complexity index is 486. The van der Waals surface area contributed by atoms with E-state index in [2.05, 4.69) is 25.7 Å². The monoisotopic (exact) mass is 300 g/mol. The molecule has 1 N–H and O–H groups in total. The van der Waals surface area contributed by atoms with Crippen LogP contribution in [0.1, 0.15) is 58.8 Å². The second kappa shape index (κ2) is 11.0. The Labute approximate surface area is 135 Å². The van der Waals surface area contributed by atoms with Crippen LogP contribution in [0, 0.1) is 17.8 Å². The summed E-state index contributed by atoms with van der Waals surface area (Å²) in [6.07, 6.45) is 15.2. The van der Waals surface area contributed by atoms with E-state index in [-0.39, 0.29) is 11.7 Å². The normalized spacial score (nSPS) is 20.6. The first-order valence-electron chi connectivity index (χ1n) is 8.40. The van der Waals surface area contributed by atoms with Crippen LogP contribution in [0.5, 0.6) is 0 Å². The number of hydrogen-bond acceptors (Lipinski definition) is 2. The summed E-state index contributed by atoms with van der Waals surface area (Å²) in [7, 11) is 0. The van der Waals surface area contributed by atoms with Crippen molar-refractivity contribution in [2.45, 2.75) is 64.9 Å². The predicted octanol–water partition coefficient (Wildman–Crippen LogP) is 4.36. The van der Waals surface area contributed by atoms with E-state index < -0.39 is 6.10 Å². The molecule has 0 aromatic heterocycles. The van der Waals surface area contributed by atoms with Gasteiger partial charge in [0.05, 0.1) is 6.10 Å². The van der Waals surface area contributed by atoms with Crippen molar-refractivity contribution in [2.24, 2.45) is 5.92 Å². The first-order valence-corrected chi connectivity index (χ1v) is 8.40. The molecule has 0 heterocycles. The molecule has 1 rings (SSSR count). The van der Waals surface area contributed by atoms with Gasteiger partial charge in [0.25, 0.3) is 0 Å². The number of aliphatic hydroxyl groups is 1. The zero-order chi connectivity index (χ0) is 16.2. The second-order valence-corrected chi connectivity index (χ2v) is 5.66. The van der Waals surface area contributed by atoms with Gasteiger partial charge in [-0.2, -0.15) is 0 Å². The zero-order valence-corrected chi connectivity index (χ0v) is 13.8. The topological polar surface area (TPSA) is 37.3 Å². The molecule has 0 aromatic carbocycles. The Morgan fingerprint density at radius 2 is 2.09 bits per heavy atom. The largest absolute Gasteiger partial charge is 0.392 e. The second-order valence-electron chi connectivity index (χ2n) is 5.66. The van der Waals surface area contributed by atoms with E-state index >= 15 is 0 Å². The quantitative estimate of drug-likeness (QED) is 0.313. The Hall–Kier alpha value is -1.59. The first kappa shape index (κ1) is 18.5. The summed E-state index contributed by atoms with van der Waals surface area (Å²) in [4.78, 5) is 11.9. The van der Waals surface area contributed by atoms with Gasteiger partial charge < -0.3 is 5.11 Å². The van der Waals surface area contributed by atoms with E-state index in [0.717, 1.165) is 31.3 Å². The van der Waals surface area contributed by atoms with Gasteiger partial charge >= 0.3 is 0 Å². The summed E-state index contributed by atoms with van der Waals surface area (Å²) in [6, 6.07) is 0.